The van der Waals surface area contributed by atoms with Gasteiger partial charge in [-0.15, -0.1) is 0 Å². The van der Waals surface area contributed by atoms with Crippen LogP contribution in [0.1, 0.15) is 31.8 Å². The van der Waals surface area contributed by atoms with Gasteiger partial charge in [-0.3, -0.25) is 9.59 Å². The number of benzene rings is 6. The molecule has 2 aliphatic heterocycles. The Hall–Kier alpha value is -3.94. The second-order valence-corrected chi connectivity index (χ2v) is 15.1. The first-order chi connectivity index (χ1) is 21.6. The van der Waals surface area contributed by atoms with Crippen molar-refractivity contribution < 1.29 is 9.59 Å². The summed E-state index contributed by atoms with van der Waals surface area (Å²) in [5.74, 6) is -0.206. The predicted molar refractivity (Wildman–Crippen MR) is 180 cm³/mol. The quantitative estimate of drug-likeness (QED) is 0.188. The first-order valence-corrected chi connectivity index (χ1v) is 17.4. The molecule has 0 amide bonds. The summed E-state index contributed by atoms with van der Waals surface area (Å²) in [7, 11) is 0. The highest BCUT2D eigenvalue weighted by Gasteiger charge is 2.34. The Morgan fingerprint density at radius 2 is 0.682 bits per heavy atom. The van der Waals surface area contributed by atoms with Crippen LogP contribution in [-0.2, 0) is 0 Å². The minimum absolute atomic E-state index is 0.101. The molecular weight excluding hydrogens is 617 g/mol. The van der Waals surface area contributed by atoms with Gasteiger partial charge < -0.3 is 0 Å². The molecule has 0 atom stereocenters. The van der Waals surface area contributed by atoms with Crippen LogP contribution in [0.3, 0.4) is 0 Å². The molecule has 6 heteroatoms. The smallest absolute Gasteiger partial charge is 0.195 e. The molecule has 0 fully saturated rings. The van der Waals surface area contributed by atoms with E-state index in [4.69, 9.17) is 0 Å². The molecule has 3 aliphatic rings. The summed E-state index contributed by atoms with van der Waals surface area (Å²) >= 11 is 7.03. The summed E-state index contributed by atoms with van der Waals surface area (Å²) in [5.41, 5.74) is 5.39. The summed E-state index contributed by atoms with van der Waals surface area (Å²) in [4.78, 5) is 38.2. The lowest BCUT2D eigenvalue weighted by molar-refractivity contribution is 0.0980. The van der Waals surface area contributed by atoms with E-state index in [0.717, 1.165) is 32.0 Å². The Morgan fingerprint density at radius 3 is 1.11 bits per heavy atom. The number of ketones is 2. The fourth-order valence-corrected chi connectivity index (χ4v) is 10.6. The molecule has 6 aromatic carbocycles. The van der Waals surface area contributed by atoms with Gasteiger partial charge >= 0.3 is 0 Å². The molecule has 0 saturated heterocycles. The van der Waals surface area contributed by atoms with Crippen LogP contribution >= 0.6 is 47.0 Å². The van der Waals surface area contributed by atoms with Gasteiger partial charge in [-0.05, 0) is 70.8 Å². The van der Waals surface area contributed by atoms with E-state index in [9.17, 15) is 9.59 Å². The van der Waals surface area contributed by atoms with E-state index in [1.807, 2.05) is 24.3 Å². The van der Waals surface area contributed by atoms with Crippen LogP contribution in [0.5, 0.6) is 0 Å². The molecule has 2 heterocycles. The fraction of sp³-hybridized carbons (Fsp3) is 0. The van der Waals surface area contributed by atoms with Gasteiger partial charge in [0.25, 0.3) is 0 Å². The van der Waals surface area contributed by atoms with E-state index in [0.29, 0.717) is 22.3 Å². The zero-order valence-corrected chi connectivity index (χ0v) is 26.3. The van der Waals surface area contributed by atoms with Crippen LogP contribution in [0.25, 0.3) is 22.3 Å². The second kappa shape index (κ2) is 10.3. The van der Waals surface area contributed by atoms with E-state index in [-0.39, 0.29) is 11.6 Å². The van der Waals surface area contributed by atoms with Crippen molar-refractivity contribution in [1.29, 1.82) is 0 Å². The lowest BCUT2D eigenvalue weighted by atomic mass is 9.78. The number of hydrogen-bond acceptors (Lipinski definition) is 6. The highest BCUT2D eigenvalue weighted by atomic mass is 32.2. The third-order valence-corrected chi connectivity index (χ3v) is 13.2. The van der Waals surface area contributed by atoms with Gasteiger partial charge in [-0.25, -0.2) is 0 Å². The van der Waals surface area contributed by atoms with Crippen molar-refractivity contribution in [3.63, 3.8) is 0 Å². The highest BCUT2D eigenvalue weighted by molar-refractivity contribution is 8.05. The molecular formula is C38H20O2S4. The van der Waals surface area contributed by atoms with Crippen molar-refractivity contribution in [3.8, 4) is 22.3 Å². The Morgan fingerprint density at radius 1 is 0.318 bits per heavy atom. The van der Waals surface area contributed by atoms with Crippen molar-refractivity contribution in [3.05, 3.63) is 144 Å². The molecule has 0 N–H and O–H groups in total. The van der Waals surface area contributed by atoms with E-state index < -0.39 is 0 Å². The lowest BCUT2D eigenvalue weighted by Crippen LogP contribution is -2.22. The number of carbonyl (C=O) groups is 2. The Bertz CT molecular complexity index is 2080. The van der Waals surface area contributed by atoms with Gasteiger partial charge in [0.2, 0.25) is 0 Å². The van der Waals surface area contributed by atoms with E-state index in [1.165, 1.54) is 29.4 Å². The van der Waals surface area contributed by atoms with Gasteiger partial charge in [-0.1, -0.05) is 120 Å². The highest BCUT2D eigenvalue weighted by Crippen LogP contribution is 2.51. The number of hydrogen-bond donors (Lipinski definition) is 0. The molecule has 9 rings (SSSR count). The van der Waals surface area contributed by atoms with Crippen LogP contribution in [0.15, 0.2) is 160 Å². The number of carbonyl (C=O) groups excluding carboxylic acids is 2. The monoisotopic (exact) mass is 636 g/mol. The standard InChI is InChI=1S/C38H20O2S4/c39-37-25-9-5-7-23(21-15-17-31-33(19-21)43-29-13-3-1-11-27(29)41-31)35(25)38(40)36-24(8-6-10-26(36)37)22-16-18-32-34(20-22)44-30-14-4-2-12-28(30)42-32/h1-20H. The van der Waals surface area contributed by atoms with Gasteiger partial charge in [-0.2, -0.15) is 0 Å². The molecule has 0 spiro atoms. The molecule has 2 nitrogen and oxygen atoms in total. The molecule has 0 radical (unpaired) electrons. The van der Waals surface area contributed by atoms with Crippen LogP contribution in [0.2, 0.25) is 0 Å². The molecule has 1 aliphatic carbocycles. The van der Waals surface area contributed by atoms with Crippen molar-refractivity contribution >= 4 is 58.6 Å². The second-order valence-electron chi connectivity index (χ2n) is 10.7. The minimum Gasteiger partial charge on any atom is -0.289 e. The summed E-state index contributed by atoms with van der Waals surface area (Å²) in [5, 5.41) is 0. The van der Waals surface area contributed by atoms with Crippen LogP contribution in [0.4, 0.5) is 0 Å². The Kier molecular flexibility index (Phi) is 6.20. The summed E-state index contributed by atoms with van der Waals surface area (Å²) in [6.45, 7) is 0. The summed E-state index contributed by atoms with van der Waals surface area (Å²) in [6, 6.07) is 40.9. The van der Waals surface area contributed by atoms with Gasteiger partial charge in [0.1, 0.15) is 0 Å². The molecule has 0 saturated carbocycles. The normalized spacial score (nSPS) is 14.1. The molecule has 0 unspecified atom stereocenters. The zero-order chi connectivity index (χ0) is 29.4. The van der Waals surface area contributed by atoms with E-state index >= 15 is 0 Å². The Labute approximate surface area is 271 Å². The zero-order valence-electron chi connectivity index (χ0n) is 23.0. The average molecular weight is 637 g/mol. The van der Waals surface area contributed by atoms with Gasteiger partial charge in [0.05, 0.1) is 0 Å². The number of fused-ring (bicyclic) bond motifs is 6. The Balaban J connectivity index is 1.14. The van der Waals surface area contributed by atoms with Gasteiger partial charge in [0, 0.05) is 61.4 Å². The van der Waals surface area contributed by atoms with Crippen LogP contribution in [-0.4, -0.2) is 11.6 Å². The van der Waals surface area contributed by atoms with E-state index in [2.05, 4.69) is 84.9 Å². The third-order valence-electron chi connectivity index (χ3n) is 8.16. The number of rotatable bonds is 2. The molecule has 0 bridgehead atoms. The topological polar surface area (TPSA) is 34.1 Å². The largest absolute Gasteiger partial charge is 0.289 e. The maximum Gasteiger partial charge on any atom is 0.195 e. The summed E-state index contributed by atoms with van der Waals surface area (Å²) in [6.07, 6.45) is 0. The van der Waals surface area contributed by atoms with Crippen LogP contribution < -0.4 is 0 Å². The third kappa shape index (κ3) is 4.16. The van der Waals surface area contributed by atoms with Crippen molar-refractivity contribution in [2.75, 3.05) is 0 Å². The first-order valence-electron chi connectivity index (χ1n) is 14.2. The lowest BCUT2D eigenvalue weighted by Gasteiger charge is -2.24. The maximum atomic E-state index is 14.6. The van der Waals surface area contributed by atoms with E-state index in [1.54, 1.807) is 59.2 Å². The molecule has 0 aromatic heterocycles. The fourth-order valence-electron chi connectivity index (χ4n) is 6.11. The first kappa shape index (κ1) is 26.5. The van der Waals surface area contributed by atoms with Crippen molar-refractivity contribution in [1.82, 2.24) is 0 Å². The SMILES string of the molecule is O=C1c2cccc(-c3ccc4c(c3)Sc3ccccc3S4)c2C(=O)c2c1cccc2-c1ccc2c(c1)Sc1ccccc1S2. The average Bonchev–Trinajstić information content (AvgIpc) is 3.07. The molecule has 6 aromatic rings. The predicted octanol–water partition coefficient (Wildman–Crippen LogP) is 11.0. The minimum atomic E-state index is -0.105. The maximum absolute atomic E-state index is 14.6. The van der Waals surface area contributed by atoms with Crippen LogP contribution in [0, 0.1) is 0 Å². The summed E-state index contributed by atoms with van der Waals surface area (Å²) < 4.78 is 0. The van der Waals surface area contributed by atoms with Crippen molar-refractivity contribution in [2.24, 2.45) is 0 Å². The van der Waals surface area contributed by atoms with Gasteiger partial charge in [0.15, 0.2) is 11.6 Å². The molecule has 44 heavy (non-hydrogen) atoms. The van der Waals surface area contributed by atoms with Crippen molar-refractivity contribution in [2.45, 2.75) is 39.2 Å². The molecule has 208 valence electrons.